The number of hydrogen-bond acceptors (Lipinski definition) is 5. The number of benzene rings is 2. The van der Waals surface area contributed by atoms with E-state index >= 15 is 0 Å². The molecular weight excluding hydrogens is 362 g/mol. The van der Waals surface area contributed by atoms with Gasteiger partial charge in [-0.05, 0) is 48.7 Å². The fraction of sp³-hybridized carbons (Fsp3) is 0.174. The molecule has 2 aromatic carbocycles. The predicted octanol–water partition coefficient (Wildman–Crippen LogP) is 4.09. The van der Waals surface area contributed by atoms with Crippen LogP contribution in [0.2, 0.25) is 0 Å². The van der Waals surface area contributed by atoms with Crippen molar-refractivity contribution in [3.63, 3.8) is 0 Å². The lowest BCUT2D eigenvalue weighted by Gasteiger charge is -2.13. The maximum Gasteiger partial charge on any atom is 0.176 e. The number of nitrogens with one attached hydrogen (secondary N) is 1. The SMILES string of the molecule is Cc1cc(C)n(-c2ccc(NCC(O)c3ccc(-c4ccccc4)cc3)nn2)n1. The Bertz CT molecular complexity index is 1070. The Morgan fingerprint density at radius 1 is 0.897 bits per heavy atom. The number of aromatic nitrogens is 4. The minimum atomic E-state index is -0.641. The van der Waals surface area contributed by atoms with Crippen molar-refractivity contribution in [2.24, 2.45) is 0 Å². The van der Waals surface area contributed by atoms with Crippen molar-refractivity contribution in [3.05, 3.63) is 89.7 Å². The van der Waals surface area contributed by atoms with Crippen LogP contribution in [-0.2, 0) is 0 Å². The Balaban J connectivity index is 1.38. The first-order valence-corrected chi connectivity index (χ1v) is 9.55. The quantitative estimate of drug-likeness (QED) is 0.523. The van der Waals surface area contributed by atoms with Gasteiger partial charge in [-0.25, -0.2) is 4.68 Å². The molecule has 0 bridgehead atoms. The van der Waals surface area contributed by atoms with Gasteiger partial charge in [-0.1, -0.05) is 54.6 Å². The second-order valence-corrected chi connectivity index (χ2v) is 7.00. The molecule has 6 nitrogen and oxygen atoms in total. The van der Waals surface area contributed by atoms with E-state index in [2.05, 4.69) is 32.7 Å². The second-order valence-electron chi connectivity index (χ2n) is 7.00. The maximum atomic E-state index is 10.5. The van der Waals surface area contributed by atoms with Gasteiger partial charge in [0.2, 0.25) is 0 Å². The highest BCUT2D eigenvalue weighted by Crippen LogP contribution is 2.22. The van der Waals surface area contributed by atoms with Gasteiger partial charge in [0.25, 0.3) is 0 Å². The third-order valence-corrected chi connectivity index (χ3v) is 4.76. The van der Waals surface area contributed by atoms with Crippen LogP contribution in [0, 0.1) is 13.8 Å². The predicted molar refractivity (Wildman–Crippen MR) is 114 cm³/mol. The minimum Gasteiger partial charge on any atom is -0.387 e. The van der Waals surface area contributed by atoms with Crippen LogP contribution in [-0.4, -0.2) is 31.6 Å². The van der Waals surface area contributed by atoms with E-state index in [0.29, 0.717) is 18.2 Å². The molecule has 2 heterocycles. The van der Waals surface area contributed by atoms with Gasteiger partial charge < -0.3 is 10.4 Å². The van der Waals surface area contributed by atoms with Crippen LogP contribution in [0.15, 0.2) is 72.8 Å². The van der Waals surface area contributed by atoms with E-state index < -0.39 is 6.10 Å². The summed E-state index contributed by atoms with van der Waals surface area (Å²) in [6, 6.07) is 23.8. The van der Waals surface area contributed by atoms with E-state index in [-0.39, 0.29) is 0 Å². The van der Waals surface area contributed by atoms with Crippen molar-refractivity contribution >= 4 is 5.82 Å². The number of anilines is 1. The average molecular weight is 385 g/mol. The molecule has 0 aliphatic carbocycles. The molecule has 0 saturated heterocycles. The first-order valence-electron chi connectivity index (χ1n) is 9.55. The molecule has 4 rings (SSSR count). The molecule has 0 saturated carbocycles. The molecule has 2 aromatic heterocycles. The highest BCUT2D eigenvalue weighted by Gasteiger charge is 2.10. The molecule has 0 aliphatic heterocycles. The third kappa shape index (κ3) is 4.33. The molecule has 1 atom stereocenters. The van der Waals surface area contributed by atoms with E-state index in [1.54, 1.807) is 4.68 Å². The normalized spacial score (nSPS) is 12.0. The first-order chi connectivity index (χ1) is 14.1. The number of aryl methyl sites for hydroxylation is 2. The molecule has 0 aliphatic rings. The van der Waals surface area contributed by atoms with Gasteiger partial charge in [0.15, 0.2) is 5.82 Å². The van der Waals surface area contributed by atoms with E-state index in [1.807, 2.05) is 74.5 Å². The van der Waals surface area contributed by atoms with Gasteiger partial charge in [-0.2, -0.15) is 5.10 Å². The van der Waals surface area contributed by atoms with Gasteiger partial charge in [0.05, 0.1) is 11.8 Å². The smallest absolute Gasteiger partial charge is 0.176 e. The number of rotatable bonds is 6. The van der Waals surface area contributed by atoms with Gasteiger partial charge in [0.1, 0.15) is 5.82 Å². The molecule has 0 radical (unpaired) electrons. The highest BCUT2D eigenvalue weighted by atomic mass is 16.3. The lowest BCUT2D eigenvalue weighted by molar-refractivity contribution is 0.191. The van der Waals surface area contributed by atoms with E-state index in [9.17, 15) is 5.11 Å². The summed E-state index contributed by atoms with van der Waals surface area (Å²) >= 11 is 0. The summed E-state index contributed by atoms with van der Waals surface area (Å²) in [7, 11) is 0. The zero-order valence-electron chi connectivity index (χ0n) is 16.4. The Morgan fingerprint density at radius 2 is 1.62 bits per heavy atom. The van der Waals surface area contributed by atoms with Crippen LogP contribution in [0.3, 0.4) is 0 Å². The van der Waals surface area contributed by atoms with E-state index in [1.165, 1.54) is 0 Å². The Hall–Kier alpha value is -3.51. The molecule has 6 heteroatoms. The topological polar surface area (TPSA) is 75.9 Å². The standard InChI is InChI=1S/C23H23N5O/c1-16-14-17(2)28(27-16)23-13-12-22(25-26-23)24-15-21(29)20-10-8-19(9-11-20)18-6-4-3-5-7-18/h3-14,21,29H,15H2,1-2H3,(H,24,25). The van der Waals surface area contributed by atoms with Gasteiger partial charge in [0, 0.05) is 12.2 Å². The fourth-order valence-electron chi connectivity index (χ4n) is 3.24. The van der Waals surface area contributed by atoms with Crippen LogP contribution in [0.5, 0.6) is 0 Å². The molecule has 146 valence electrons. The second kappa shape index (κ2) is 8.24. The highest BCUT2D eigenvalue weighted by molar-refractivity contribution is 5.63. The van der Waals surface area contributed by atoms with Crippen LogP contribution >= 0.6 is 0 Å². The summed E-state index contributed by atoms with van der Waals surface area (Å²) in [6.07, 6.45) is -0.641. The van der Waals surface area contributed by atoms with E-state index in [0.717, 1.165) is 28.1 Å². The number of aliphatic hydroxyl groups is 1. The van der Waals surface area contributed by atoms with Crippen LogP contribution in [0.4, 0.5) is 5.82 Å². The number of aliphatic hydroxyl groups excluding tert-OH is 1. The summed E-state index contributed by atoms with van der Waals surface area (Å²) in [5, 5.41) is 26.4. The lowest BCUT2D eigenvalue weighted by Crippen LogP contribution is -2.13. The number of nitrogens with zero attached hydrogens (tertiary/aromatic N) is 4. The largest absolute Gasteiger partial charge is 0.387 e. The fourth-order valence-corrected chi connectivity index (χ4v) is 3.24. The summed E-state index contributed by atoms with van der Waals surface area (Å²) in [4.78, 5) is 0. The van der Waals surface area contributed by atoms with Gasteiger partial charge >= 0.3 is 0 Å². The van der Waals surface area contributed by atoms with Crippen LogP contribution in [0.1, 0.15) is 23.1 Å². The molecule has 0 fully saturated rings. The molecular formula is C23H23N5O. The summed E-state index contributed by atoms with van der Waals surface area (Å²) in [6.45, 7) is 4.27. The Labute approximate surface area is 169 Å². The van der Waals surface area contributed by atoms with Crippen molar-refractivity contribution < 1.29 is 5.11 Å². The van der Waals surface area contributed by atoms with Crippen molar-refractivity contribution in [2.75, 3.05) is 11.9 Å². The summed E-state index contributed by atoms with van der Waals surface area (Å²) < 4.78 is 1.76. The zero-order valence-corrected chi connectivity index (χ0v) is 16.4. The van der Waals surface area contributed by atoms with E-state index in [4.69, 9.17) is 0 Å². The van der Waals surface area contributed by atoms with Crippen molar-refractivity contribution in [1.82, 2.24) is 20.0 Å². The summed E-state index contributed by atoms with van der Waals surface area (Å²) in [5.74, 6) is 1.27. The lowest BCUT2D eigenvalue weighted by atomic mass is 10.0. The molecule has 1 unspecified atom stereocenters. The van der Waals surface area contributed by atoms with Crippen molar-refractivity contribution in [1.29, 1.82) is 0 Å². The van der Waals surface area contributed by atoms with Gasteiger partial charge in [-0.3, -0.25) is 0 Å². The molecule has 0 amide bonds. The zero-order chi connectivity index (χ0) is 20.2. The Kier molecular flexibility index (Phi) is 5.35. The van der Waals surface area contributed by atoms with Crippen molar-refractivity contribution in [2.45, 2.75) is 20.0 Å². The molecule has 2 N–H and O–H groups in total. The maximum absolute atomic E-state index is 10.5. The minimum absolute atomic E-state index is 0.346. The number of hydrogen-bond donors (Lipinski definition) is 2. The third-order valence-electron chi connectivity index (χ3n) is 4.76. The Morgan fingerprint density at radius 3 is 2.24 bits per heavy atom. The van der Waals surface area contributed by atoms with Crippen LogP contribution in [0.25, 0.3) is 16.9 Å². The van der Waals surface area contributed by atoms with Crippen molar-refractivity contribution in [3.8, 4) is 16.9 Å². The molecule has 4 aromatic rings. The first kappa shape index (κ1) is 18.8. The van der Waals surface area contributed by atoms with Crippen LogP contribution < -0.4 is 5.32 Å². The monoisotopic (exact) mass is 385 g/mol. The molecule has 0 spiro atoms. The summed E-state index contributed by atoms with van der Waals surface area (Å²) in [5.41, 5.74) is 5.08. The van der Waals surface area contributed by atoms with Gasteiger partial charge in [-0.15, -0.1) is 10.2 Å². The molecule has 29 heavy (non-hydrogen) atoms. The average Bonchev–Trinajstić information content (AvgIpc) is 3.11.